The van der Waals surface area contributed by atoms with Gasteiger partial charge in [-0.05, 0) is 98.0 Å². The van der Waals surface area contributed by atoms with Gasteiger partial charge >= 0.3 is 0 Å². The molecule has 4 heterocycles. The van der Waals surface area contributed by atoms with Gasteiger partial charge in [-0.1, -0.05) is 141 Å². The Morgan fingerprint density at radius 3 is 2.11 bits per heavy atom. The van der Waals surface area contributed by atoms with E-state index in [-0.39, 0.29) is 31.9 Å². The molecule has 6 nitrogen and oxygen atoms in total. The topological polar surface area (TPSA) is 48.8 Å². The summed E-state index contributed by atoms with van der Waals surface area (Å²) in [5.74, 6) is 2.11. The molecule has 5 aromatic carbocycles. The van der Waals surface area contributed by atoms with Crippen molar-refractivity contribution in [1.82, 2.24) is 19.1 Å². The van der Waals surface area contributed by atoms with Gasteiger partial charge in [0.1, 0.15) is 5.82 Å². The fourth-order valence-electron chi connectivity index (χ4n) is 7.77. The Bertz CT molecular complexity index is 3150. The quantitative estimate of drug-likeness (QED) is 0.118. The molecule has 0 amide bonds. The van der Waals surface area contributed by atoms with E-state index in [2.05, 4.69) is 137 Å². The van der Waals surface area contributed by atoms with Crippen LogP contribution in [0.5, 0.6) is 11.5 Å². The molecule has 310 valence electrons. The average molecular weight is 983 g/mol. The second kappa shape index (κ2) is 15.9. The van der Waals surface area contributed by atoms with Crippen molar-refractivity contribution in [3.8, 4) is 39.9 Å². The molecule has 0 N–H and O–H groups in total. The number of imidazole rings is 1. The van der Waals surface area contributed by atoms with E-state index in [1.165, 1.54) is 11.1 Å². The molecule has 0 saturated heterocycles. The van der Waals surface area contributed by atoms with Crippen molar-refractivity contribution in [2.24, 2.45) is 5.41 Å². The smallest absolute Gasteiger partial charge is 0.269 e. The van der Waals surface area contributed by atoms with Crippen LogP contribution in [0.3, 0.4) is 0 Å². The fourth-order valence-corrected chi connectivity index (χ4v) is 7.77. The number of hydrogen-bond donors (Lipinski definition) is 0. The number of nitrogens with zero attached hydrogens (tertiary/aromatic N) is 5. The van der Waals surface area contributed by atoms with Crippen molar-refractivity contribution >= 4 is 32.8 Å². The van der Waals surface area contributed by atoms with Crippen LogP contribution in [0.25, 0.3) is 61.3 Å². The van der Waals surface area contributed by atoms with E-state index in [9.17, 15) is 0 Å². The maximum Gasteiger partial charge on any atom is 0.269 e. The molecule has 61 heavy (non-hydrogen) atoms. The second-order valence-corrected chi connectivity index (χ2v) is 18.7. The van der Waals surface area contributed by atoms with E-state index in [0.29, 0.717) is 28.7 Å². The molecular weight excluding hydrogens is 930 g/mol. The first-order valence-corrected chi connectivity index (χ1v) is 20.6. The van der Waals surface area contributed by atoms with Gasteiger partial charge in [-0.3, -0.25) is 14.1 Å². The van der Waals surface area contributed by atoms with Crippen molar-refractivity contribution in [2.45, 2.75) is 79.5 Å². The molecule has 0 aliphatic carbocycles. The van der Waals surface area contributed by atoms with Crippen LogP contribution in [0, 0.1) is 23.9 Å². The van der Waals surface area contributed by atoms with Crippen LogP contribution in [-0.4, -0.2) is 19.1 Å². The second-order valence-electron chi connectivity index (χ2n) is 18.7. The van der Waals surface area contributed by atoms with Crippen molar-refractivity contribution in [3.63, 3.8) is 0 Å². The van der Waals surface area contributed by atoms with Gasteiger partial charge < -0.3 is 9.30 Å². The van der Waals surface area contributed by atoms with Crippen LogP contribution in [-0.2, 0) is 38.3 Å². The summed E-state index contributed by atoms with van der Waals surface area (Å²) in [5, 5.41) is 2.02. The van der Waals surface area contributed by atoms with E-state index in [1.54, 1.807) is 24.5 Å². The van der Waals surface area contributed by atoms with E-state index in [0.717, 1.165) is 49.7 Å². The Morgan fingerprint density at radius 2 is 1.36 bits per heavy atom. The molecule has 0 bridgehead atoms. The normalized spacial score (nSPS) is 13.0. The van der Waals surface area contributed by atoms with Crippen LogP contribution >= 0.6 is 0 Å². The van der Waals surface area contributed by atoms with Crippen molar-refractivity contribution in [1.29, 1.82) is 0 Å². The number of hydrogen-bond acceptors (Lipinski definition) is 3. The molecule has 0 radical (unpaired) electrons. The Morgan fingerprint density at radius 1 is 0.639 bits per heavy atom. The van der Waals surface area contributed by atoms with Gasteiger partial charge in [-0.25, -0.2) is 4.98 Å². The molecule has 0 atom stereocenters. The summed E-state index contributed by atoms with van der Waals surface area (Å²) < 4.78 is 30.7. The molecule has 0 aliphatic heterocycles. The number of ether oxygens (including phenoxy) is 1. The minimum absolute atomic E-state index is 0. The van der Waals surface area contributed by atoms with Crippen LogP contribution in [0.2, 0.25) is 0 Å². The number of aromatic nitrogens is 5. The van der Waals surface area contributed by atoms with Crippen molar-refractivity contribution < 1.29 is 33.1 Å². The molecular formula is C54H51N5OPt-2. The molecule has 0 aliphatic rings. The molecule has 9 rings (SSSR count). The summed E-state index contributed by atoms with van der Waals surface area (Å²) in [6.45, 7) is 19.2. The van der Waals surface area contributed by atoms with Gasteiger partial charge in [0.15, 0.2) is 0 Å². The van der Waals surface area contributed by atoms with Crippen LogP contribution < -0.4 is 9.30 Å². The number of benzene rings is 5. The van der Waals surface area contributed by atoms with Gasteiger partial charge in [-0.15, -0.1) is 17.5 Å². The zero-order valence-electron chi connectivity index (χ0n) is 38.2. The van der Waals surface area contributed by atoms with Crippen molar-refractivity contribution in [3.05, 3.63) is 169 Å². The Balaban J connectivity index is 0.00000544. The summed E-state index contributed by atoms with van der Waals surface area (Å²) in [4.78, 5) is 9.56. The first-order valence-electron chi connectivity index (χ1n) is 21.6. The first kappa shape index (κ1) is 39.3. The van der Waals surface area contributed by atoms with Crippen molar-refractivity contribution in [2.75, 3.05) is 0 Å². The fraction of sp³-hybridized carbons (Fsp3) is 0.241. The maximum absolute atomic E-state index is 8.99. The SMILES string of the molecule is [2H]C([2H])(c1ccnc(-n2c3[c-]c(Oc4[c-]c(-n5[c-][n+](-c6cc(-c7ccccc7)cc(C(C)(C)C)c6)c6cc(C(C)(C)C)ccc65)ncc4)ccc3c3ccccc32)c1)C(C)(C)C.[Pt]. The molecule has 4 aromatic heterocycles. The molecule has 0 spiro atoms. The average Bonchev–Trinajstić information content (AvgIpc) is 3.79. The standard InChI is InChI=1S/C54H51N5O.Pt/c1-52(2,3)34-36-23-25-56-51(27-36)59-46-18-14-13-17-44(46)45-21-20-42(32-48(45)59)60-43-24-26-55-50(33-43)58-35-57(49-31-39(53(4,5)6)19-22-47(49)58)41-29-38(37-15-11-10-12-16-37)28-40(30-41)54(7,8)9;/h10-31H,34H2,1-9H3;/q-2;/i34D2;. The van der Waals surface area contributed by atoms with Gasteiger partial charge in [0.25, 0.3) is 6.33 Å². The Labute approximate surface area is 377 Å². The van der Waals surface area contributed by atoms with Gasteiger partial charge in [0.2, 0.25) is 0 Å². The Kier molecular flexibility index (Phi) is 10.2. The first-order chi connectivity index (χ1) is 29.4. The summed E-state index contributed by atoms with van der Waals surface area (Å²) in [6.07, 6.45) is 5.50. The van der Waals surface area contributed by atoms with E-state index in [1.807, 2.05) is 66.3 Å². The third-order valence-electron chi connectivity index (χ3n) is 10.8. The minimum atomic E-state index is -1.59. The zero-order valence-corrected chi connectivity index (χ0v) is 38.4. The van der Waals surface area contributed by atoms with Crippen LogP contribution in [0.4, 0.5) is 0 Å². The number of rotatable bonds is 7. The Hall–Kier alpha value is -5.84. The largest absolute Gasteiger partial charge is 0.522 e. The monoisotopic (exact) mass is 982 g/mol. The molecule has 7 heteroatoms. The van der Waals surface area contributed by atoms with Gasteiger partial charge in [0, 0.05) is 41.3 Å². The van der Waals surface area contributed by atoms with Gasteiger partial charge in [0.05, 0.1) is 22.5 Å². The molecule has 0 unspecified atom stereocenters. The maximum atomic E-state index is 8.99. The third-order valence-corrected chi connectivity index (χ3v) is 10.8. The van der Waals surface area contributed by atoms with Crippen LogP contribution in [0.15, 0.2) is 134 Å². The summed E-state index contributed by atoms with van der Waals surface area (Å²) in [7, 11) is 0. The van der Waals surface area contributed by atoms with E-state index in [4.69, 9.17) is 17.4 Å². The van der Waals surface area contributed by atoms with E-state index >= 15 is 0 Å². The number of pyridine rings is 2. The molecule has 0 fully saturated rings. The summed E-state index contributed by atoms with van der Waals surface area (Å²) in [5.41, 5.74) is 9.18. The predicted octanol–water partition coefficient (Wildman–Crippen LogP) is 12.8. The molecule has 9 aromatic rings. The minimum Gasteiger partial charge on any atom is -0.522 e. The molecule has 0 saturated carbocycles. The van der Waals surface area contributed by atoms with Gasteiger partial charge in [-0.2, -0.15) is 18.2 Å². The van der Waals surface area contributed by atoms with Crippen LogP contribution in [0.1, 0.15) is 81.7 Å². The number of fused-ring (bicyclic) bond motifs is 4. The van der Waals surface area contributed by atoms with E-state index < -0.39 is 11.8 Å². The number of para-hydroxylation sites is 1. The third kappa shape index (κ3) is 8.44. The predicted molar refractivity (Wildman–Crippen MR) is 244 cm³/mol. The summed E-state index contributed by atoms with van der Waals surface area (Å²) in [6, 6.07) is 48.4. The zero-order chi connectivity index (χ0) is 43.8. The summed E-state index contributed by atoms with van der Waals surface area (Å²) >= 11 is 0.